The highest BCUT2D eigenvalue weighted by molar-refractivity contribution is 7.92. The zero-order valence-corrected chi connectivity index (χ0v) is 22.5. The van der Waals surface area contributed by atoms with E-state index in [4.69, 9.17) is 11.6 Å². The first-order valence-corrected chi connectivity index (χ1v) is 14.5. The van der Waals surface area contributed by atoms with Crippen LogP contribution in [0.25, 0.3) is 0 Å². The zero-order valence-electron chi connectivity index (χ0n) is 20.9. The maximum atomic E-state index is 13.7. The molecule has 1 atom stereocenters. The van der Waals surface area contributed by atoms with Crippen LogP contribution in [0.4, 0.5) is 14.5 Å². The number of nitrogens with one attached hydrogen (secondary N) is 1. The van der Waals surface area contributed by atoms with Crippen molar-refractivity contribution in [2.24, 2.45) is 0 Å². The van der Waals surface area contributed by atoms with Crippen LogP contribution >= 0.6 is 11.6 Å². The van der Waals surface area contributed by atoms with E-state index in [-0.39, 0.29) is 49.5 Å². The van der Waals surface area contributed by atoms with Crippen molar-refractivity contribution >= 4 is 39.1 Å². The molecule has 1 saturated carbocycles. The number of carbonyl (C=O) groups is 2. The van der Waals surface area contributed by atoms with E-state index < -0.39 is 27.7 Å². The number of hydrogen-bond donors (Lipinski definition) is 1. The van der Waals surface area contributed by atoms with E-state index in [2.05, 4.69) is 5.32 Å². The van der Waals surface area contributed by atoms with Gasteiger partial charge in [-0.3, -0.25) is 13.9 Å². The summed E-state index contributed by atoms with van der Waals surface area (Å²) in [4.78, 5) is 27.7. The summed E-state index contributed by atoms with van der Waals surface area (Å²) in [6.45, 7) is 1.73. The Morgan fingerprint density at radius 1 is 1.08 bits per heavy atom. The van der Waals surface area contributed by atoms with Crippen LogP contribution in [-0.4, -0.2) is 50.0 Å². The molecule has 0 heterocycles. The minimum absolute atomic E-state index is 0.0313. The number of rotatable bonds is 11. The third kappa shape index (κ3) is 8.13. The minimum Gasteiger partial charge on any atom is -0.352 e. The molecule has 11 heteroatoms. The summed E-state index contributed by atoms with van der Waals surface area (Å²) >= 11 is 5.98. The quantitative estimate of drug-likeness (QED) is 0.437. The number of hydrogen-bond acceptors (Lipinski definition) is 4. The van der Waals surface area contributed by atoms with Crippen LogP contribution in [0, 0.1) is 11.6 Å². The van der Waals surface area contributed by atoms with Crippen molar-refractivity contribution in [3.63, 3.8) is 0 Å². The van der Waals surface area contributed by atoms with E-state index in [0.717, 1.165) is 53.9 Å². The van der Waals surface area contributed by atoms with Crippen LogP contribution in [-0.2, 0) is 26.2 Å². The van der Waals surface area contributed by atoms with Gasteiger partial charge < -0.3 is 10.2 Å². The third-order valence-electron chi connectivity index (χ3n) is 6.48. The Morgan fingerprint density at radius 3 is 2.32 bits per heavy atom. The van der Waals surface area contributed by atoms with E-state index in [1.54, 1.807) is 31.2 Å². The second kappa shape index (κ2) is 12.7. The highest BCUT2D eigenvalue weighted by atomic mass is 35.5. The van der Waals surface area contributed by atoms with Crippen LogP contribution in [0.3, 0.4) is 0 Å². The summed E-state index contributed by atoms with van der Waals surface area (Å²) in [7, 11) is -3.82. The van der Waals surface area contributed by atoms with Gasteiger partial charge in [0.05, 0.1) is 11.9 Å². The average Bonchev–Trinajstić information content (AvgIpc) is 3.35. The molecular formula is C26H32ClF2N3O4S. The Labute approximate surface area is 221 Å². The van der Waals surface area contributed by atoms with Gasteiger partial charge in [0.15, 0.2) is 11.6 Å². The maximum absolute atomic E-state index is 13.7. The van der Waals surface area contributed by atoms with Gasteiger partial charge in [-0.1, -0.05) is 36.6 Å². The fraction of sp³-hybridized carbons (Fsp3) is 0.462. The summed E-state index contributed by atoms with van der Waals surface area (Å²) in [5.41, 5.74) is 0.758. The van der Waals surface area contributed by atoms with Gasteiger partial charge >= 0.3 is 0 Å². The number of amides is 2. The zero-order chi connectivity index (χ0) is 27.2. The lowest BCUT2D eigenvalue weighted by molar-refractivity contribution is -0.141. The minimum atomic E-state index is -3.82. The number of nitrogens with zero attached hydrogens (tertiary/aromatic N) is 2. The predicted molar refractivity (Wildman–Crippen MR) is 140 cm³/mol. The molecule has 2 amide bonds. The maximum Gasteiger partial charge on any atom is 0.242 e. The summed E-state index contributed by atoms with van der Waals surface area (Å²) in [5, 5.41) is 3.57. The standard InChI is InChI=1S/C26H32ClF2N3O4S/c1-18(26(34)30-21-6-3-4-7-21)31(17-19-9-11-20(27)12-10-19)25(33)8-5-15-32(37(2,35)36)22-13-14-23(28)24(29)16-22/h9-14,16,18,21H,3-8,15,17H2,1-2H3,(H,30,34)/t18-/m0/s1. The molecule has 3 rings (SSSR count). The molecule has 0 radical (unpaired) electrons. The van der Waals surface area contributed by atoms with Gasteiger partial charge in [-0.25, -0.2) is 17.2 Å². The highest BCUT2D eigenvalue weighted by Crippen LogP contribution is 2.22. The van der Waals surface area contributed by atoms with Crippen LogP contribution in [0.2, 0.25) is 5.02 Å². The van der Waals surface area contributed by atoms with Crippen LogP contribution < -0.4 is 9.62 Å². The van der Waals surface area contributed by atoms with Crippen molar-refractivity contribution in [1.29, 1.82) is 0 Å². The highest BCUT2D eigenvalue weighted by Gasteiger charge is 2.29. The Balaban J connectivity index is 1.72. The summed E-state index contributed by atoms with van der Waals surface area (Å²) in [6, 6.07) is 9.14. The predicted octanol–water partition coefficient (Wildman–Crippen LogP) is 4.64. The van der Waals surface area contributed by atoms with Crippen molar-refractivity contribution in [3.8, 4) is 0 Å². The second-order valence-corrected chi connectivity index (χ2v) is 11.7. The molecule has 2 aromatic carbocycles. The Bertz CT molecular complexity index is 1200. The van der Waals surface area contributed by atoms with E-state index in [9.17, 15) is 26.8 Å². The number of benzene rings is 2. The molecule has 0 saturated heterocycles. The van der Waals surface area contributed by atoms with Gasteiger partial charge in [0.1, 0.15) is 6.04 Å². The third-order valence-corrected chi connectivity index (χ3v) is 7.92. The summed E-state index contributed by atoms with van der Waals surface area (Å²) in [5.74, 6) is -2.83. The molecule has 2 aromatic rings. The lowest BCUT2D eigenvalue weighted by atomic mass is 10.1. The molecule has 1 aliphatic carbocycles. The first-order valence-electron chi connectivity index (χ1n) is 12.2. The molecule has 1 N–H and O–H groups in total. The normalized spacial score (nSPS) is 14.8. The fourth-order valence-electron chi connectivity index (χ4n) is 4.41. The molecule has 0 bridgehead atoms. The lowest BCUT2D eigenvalue weighted by Gasteiger charge is -2.30. The number of carbonyl (C=O) groups excluding carboxylic acids is 2. The van der Waals surface area contributed by atoms with Crippen LogP contribution in [0.1, 0.15) is 51.0 Å². The monoisotopic (exact) mass is 555 g/mol. The van der Waals surface area contributed by atoms with Gasteiger partial charge in [-0.15, -0.1) is 0 Å². The lowest BCUT2D eigenvalue weighted by Crippen LogP contribution is -2.49. The molecule has 0 spiro atoms. The van der Waals surface area contributed by atoms with Crippen molar-refractivity contribution in [1.82, 2.24) is 10.2 Å². The molecule has 0 aromatic heterocycles. The van der Waals surface area contributed by atoms with Gasteiger partial charge in [0.25, 0.3) is 0 Å². The first-order chi connectivity index (χ1) is 17.5. The van der Waals surface area contributed by atoms with Crippen LogP contribution in [0.5, 0.6) is 0 Å². The van der Waals surface area contributed by atoms with E-state index >= 15 is 0 Å². The molecule has 1 aliphatic rings. The molecule has 37 heavy (non-hydrogen) atoms. The molecule has 1 fully saturated rings. The van der Waals surface area contributed by atoms with E-state index in [1.807, 2.05) is 0 Å². The van der Waals surface area contributed by atoms with Gasteiger partial charge in [0.2, 0.25) is 21.8 Å². The number of anilines is 1. The van der Waals surface area contributed by atoms with Gasteiger partial charge in [0, 0.05) is 36.6 Å². The van der Waals surface area contributed by atoms with Crippen molar-refractivity contribution in [3.05, 3.63) is 64.7 Å². The number of halogens is 3. The summed E-state index contributed by atoms with van der Waals surface area (Å²) in [6.07, 6.45) is 4.95. The van der Waals surface area contributed by atoms with Crippen molar-refractivity contribution in [2.45, 2.75) is 64.1 Å². The Hall–Kier alpha value is -2.72. The van der Waals surface area contributed by atoms with Gasteiger partial charge in [-0.2, -0.15) is 0 Å². The van der Waals surface area contributed by atoms with E-state index in [1.165, 1.54) is 11.0 Å². The van der Waals surface area contributed by atoms with Crippen molar-refractivity contribution in [2.75, 3.05) is 17.1 Å². The SMILES string of the molecule is C[C@@H](C(=O)NC1CCCC1)N(Cc1ccc(Cl)cc1)C(=O)CCCN(c1ccc(F)c(F)c1)S(C)(=O)=O. The molecule has 0 aliphatic heterocycles. The number of sulfonamides is 1. The fourth-order valence-corrected chi connectivity index (χ4v) is 5.49. The summed E-state index contributed by atoms with van der Waals surface area (Å²) < 4.78 is 52.6. The molecular weight excluding hydrogens is 524 g/mol. The van der Waals surface area contributed by atoms with Crippen LogP contribution in [0.15, 0.2) is 42.5 Å². The topological polar surface area (TPSA) is 86.8 Å². The first kappa shape index (κ1) is 28.8. The van der Waals surface area contributed by atoms with Crippen molar-refractivity contribution < 1.29 is 26.8 Å². The van der Waals surface area contributed by atoms with E-state index in [0.29, 0.717) is 5.02 Å². The molecule has 202 valence electrons. The average molecular weight is 556 g/mol. The second-order valence-electron chi connectivity index (χ2n) is 9.35. The smallest absolute Gasteiger partial charge is 0.242 e. The molecule has 0 unspecified atom stereocenters. The largest absolute Gasteiger partial charge is 0.352 e. The Kier molecular flexibility index (Phi) is 9.89. The Morgan fingerprint density at radius 2 is 1.73 bits per heavy atom. The molecule has 7 nitrogen and oxygen atoms in total. The van der Waals surface area contributed by atoms with Gasteiger partial charge in [-0.05, 0) is 56.0 Å².